The minimum atomic E-state index is -1.23. The smallest absolute Gasteiger partial charge is 0.256 e. The zero-order valence-corrected chi connectivity index (χ0v) is 17.8. The van der Waals surface area contributed by atoms with Crippen LogP contribution in [0.15, 0.2) is 66.7 Å². The third-order valence-corrected chi connectivity index (χ3v) is 6.18. The summed E-state index contributed by atoms with van der Waals surface area (Å²) in [6.07, 6.45) is 4.18. The molecule has 2 amide bonds. The summed E-state index contributed by atoms with van der Waals surface area (Å²) in [7, 11) is 0. The highest BCUT2D eigenvalue weighted by Crippen LogP contribution is 2.28. The normalized spacial score (nSPS) is 20.6. The molecule has 0 bridgehead atoms. The first-order chi connectivity index (χ1) is 15.5. The molecule has 0 radical (unpaired) electrons. The number of hydrogen-bond donors (Lipinski definition) is 1. The van der Waals surface area contributed by atoms with E-state index < -0.39 is 23.7 Å². The van der Waals surface area contributed by atoms with Crippen LogP contribution >= 0.6 is 0 Å². The third-order valence-electron chi connectivity index (χ3n) is 6.18. The van der Waals surface area contributed by atoms with Crippen LogP contribution in [0.4, 0.5) is 11.4 Å². The second-order valence-corrected chi connectivity index (χ2v) is 8.12. The highest BCUT2D eigenvalue weighted by Gasteiger charge is 2.31. The van der Waals surface area contributed by atoms with E-state index in [1.807, 2.05) is 24.3 Å². The number of carbonyl (C=O) groups excluding carboxylic acids is 3. The van der Waals surface area contributed by atoms with Crippen LogP contribution in [-0.2, 0) is 9.59 Å². The predicted molar refractivity (Wildman–Crippen MR) is 120 cm³/mol. The van der Waals surface area contributed by atoms with Gasteiger partial charge in [-0.15, -0.1) is 0 Å². The number of anilines is 2. The molecule has 32 heavy (non-hydrogen) atoms. The Labute approximate surface area is 187 Å². The Balaban J connectivity index is 1.44. The Morgan fingerprint density at radius 3 is 2.12 bits per heavy atom. The number of aliphatic carboxylic acids is 1. The molecule has 4 rings (SSSR count). The quantitative estimate of drug-likeness (QED) is 0.729. The molecule has 2 aromatic carbocycles. The van der Waals surface area contributed by atoms with Crippen molar-refractivity contribution in [3.8, 4) is 0 Å². The monoisotopic (exact) mass is 432 g/mol. The summed E-state index contributed by atoms with van der Waals surface area (Å²) in [5.41, 5.74) is 1.95. The van der Waals surface area contributed by atoms with E-state index in [4.69, 9.17) is 0 Å². The molecule has 2 atom stereocenters. The molecule has 1 aliphatic carbocycles. The fourth-order valence-corrected chi connectivity index (χ4v) is 4.35. The van der Waals surface area contributed by atoms with E-state index >= 15 is 0 Å². The average Bonchev–Trinajstić information content (AvgIpc) is 2.84. The van der Waals surface area contributed by atoms with Crippen LogP contribution in [0.5, 0.6) is 0 Å². The van der Waals surface area contributed by atoms with E-state index in [-0.39, 0.29) is 12.3 Å². The van der Waals surface area contributed by atoms with Crippen LogP contribution in [0.1, 0.15) is 23.2 Å². The van der Waals surface area contributed by atoms with E-state index in [0.29, 0.717) is 30.8 Å². The Hall–Kier alpha value is -3.61. The van der Waals surface area contributed by atoms with Crippen molar-refractivity contribution in [1.29, 1.82) is 0 Å². The number of nitrogens with one attached hydrogen (secondary N) is 1. The van der Waals surface area contributed by atoms with Crippen molar-refractivity contribution >= 4 is 29.2 Å². The Morgan fingerprint density at radius 2 is 1.44 bits per heavy atom. The fourth-order valence-electron chi connectivity index (χ4n) is 4.35. The van der Waals surface area contributed by atoms with E-state index in [1.54, 1.807) is 35.2 Å². The summed E-state index contributed by atoms with van der Waals surface area (Å²) in [5, 5.41) is 14.2. The molecular formula is C25H26N3O4-. The molecule has 1 N–H and O–H groups in total. The van der Waals surface area contributed by atoms with Crippen LogP contribution in [0.25, 0.3) is 0 Å². The number of allylic oxidation sites excluding steroid dienone is 2. The minimum absolute atomic E-state index is 0.145. The van der Waals surface area contributed by atoms with Crippen molar-refractivity contribution in [2.45, 2.75) is 12.8 Å². The van der Waals surface area contributed by atoms with Gasteiger partial charge in [-0.1, -0.05) is 42.5 Å². The lowest BCUT2D eigenvalue weighted by Crippen LogP contribution is -2.49. The number of para-hydroxylation sites is 2. The summed E-state index contributed by atoms with van der Waals surface area (Å²) in [4.78, 5) is 41.6. The van der Waals surface area contributed by atoms with Gasteiger partial charge in [-0.3, -0.25) is 9.59 Å². The number of carboxylic acids is 1. The van der Waals surface area contributed by atoms with Crippen molar-refractivity contribution in [2.75, 3.05) is 36.4 Å². The van der Waals surface area contributed by atoms with Crippen molar-refractivity contribution in [1.82, 2.24) is 4.90 Å². The van der Waals surface area contributed by atoms with Gasteiger partial charge in [0.15, 0.2) is 0 Å². The summed E-state index contributed by atoms with van der Waals surface area (Å²) in [6, 6.07) is 17.0. The lowest BCUT2D eigenvalue weighted by atomic mass is 9.82. The third kappa shape index (κ3) is 4.66. The van der Waals surface area contributed by atoms with Gasteiger partial charge in [0.25, 0.3) is 5.91 Å². The molecule has 0 saturated carbocycles. The molecule has 166 valence electrons. The standard InChI is InChI=1S/C25H27N3O4/c29-23(19-10-4-5-11-20(19)25(31)32)26-22-13-7-6-12-21(22)24(30)28-16-14-27(15-17-28)18-8-2-1-3-9-18/h1-9,12-13,19-20H,10-11,14-17H2,(H,26,29)(H,31,32)/p-1/t19-,20+/m0/s1. The molecule has 1 heterocycles. The lowest BCUT2D eigenvalue weighted by Gasteiger charge is -2.36. The van der Waals surface area contributed by atoms with E-state index in [9.17, 15) is 19.5 Å². The second kappa shape index (κ2) is 9.68. The van der Waals surface area contributed by atoms with Crippen LogP contribution in [0.3, 0.4) is 0 Å². The number of amides is 2. The van der Waals surface area contributed by atoms with Gasteiger partial charge >= 0.3 is 0 Å². The van der Waals surface area contributed by atoms with Gasteiger partial charge in [-0.05, 0) is 37.1 Å². The zero-order chi connectivity index (χ0) is 22.5. The molecule has 0 unspecified atom stereocenters. The first-order valence-electron chi connectivity index (χ1n) is 10.9. The average molecular weight is 433 g/mol. The molecule has 2 aliphatic rings. The molecule has 7 nitrogen and oxygen atoms in total. The van der Waals surface area contributed by atoms with Crippen LogP contribution < -0.4 is 15.3 Å². The summed E-state index contributed by atoms with van der Waals surface area (Å²) < 4.78 is 0. The number of hydrogen-bond acceptors (Lipinski definition) is 5. The van der Waals surface area contributed by atoms with Crippen molar-refractivity contribution < 1.29 is 19.5 Å². The Kier molecular flexibility index (Phi) is 6.54. The first kappa shape index (κ1) is 21.6. The van der Waals surface area contributed by atoms with E-state index in [1.165, 1.54) is 0 Å². The number of nitrogens with zero attached hydrogens (tertiary/aromatic N) is 2. The van der Waals surface area contributed by atoms with Gasteiger partial charge < -0.3 is 25.0 Å². The highest BCUT2D eigenvalue weighted by molar-refractivity contribution is 6.04. The van der Waals surface area contributed by atoms with Gasteiger partial charge in [0.2, 0.25) is 5.91 Å². The van der Waals surface area contributed by atoms with Crippen LogP contribution in [-0.4, -0.2) is 48.9 Å². The lowest BCUT2D eigenvalue weighted by molar-refractivity contribution is -0.313. The molecule has 1 fully saturated rings. The number of benzene rings is 2. The molecule has 2 aromatic rings. The molecule has 1 aliphatic heterocycles. The largest absolute Gasteiger partial charge is 0.550 e. The van der Waals surface area contributed by atoms with Crippen LogP contribution in [0.2, 0.25) is 0 Å². The number of carboxylic acid groups (broad SMARTS) is 1. The Bertz CT molecular complexity index is 1010. The van der Waals surface area contributed by atoms with E-state index in [0.717, 1.165) is 18.8 Å². The maximum atomic E-state index is 13.2. The molecular weight excluding hydrogens is 406 g/mol. The minimum Gasteiger partial charge on any atom is -0.550 e. The molecule has 1 saturated heterocycles. The summed E-state index contributed by atoms with van der Waals surface area (Å²) in [6.45, 7) is 2.62. The van der Waals surface area contributed by atoms with Crippen molar-refractivity contribution in [2.24, 2.45) is 11.8 Å². The number of carbonyl (C=O) groups is 3. The van der Waals surface area contributed by atoms with Crippen molar-refractivity contribution in [3.05, 3.63) is 72.3 Å². The zero-order valence-electron chi connectivity index (χ0n) is 17.8. The fraction of sp³-hybridized carbons (Fsp3) is 0.320. The van der Waals surface area contributed by atoms with Gasteiger partial charge in [-0.2, -0.15) is 0 Å². The number of rotatable bonds is 5. The van der Waals surface area contributed by atoms with Gasteiger partial charge in [0, 0.05) is 43.8 Å². The first-order valence-corrected chi connectivity index (χ1v) is 10.9. The molecule has 0 spiro atoms. The molecule has 7 heteroatoms. The van der Waals surface area contributed by atoms with Crippen LogP contribution in [0, 0.1) is 11.8 Å². The SMILES string of the molecule is O=C(Nc1ccccc1C(=O)N1CCN(c2ccccc2)CC1)[C@H]1CC=CC[C@H]1C(=O)[O-]. The highest BCUT2D eigenvalue weighted by atomic mass is 16.4. The van der Waals surface area contributed by atoms with Crippen molar-refractivity contribution in [3.63, 3.8) is 0 Å². The topological polar surface area (TPSA) is 92.8 Å². The summed E-state index contributed by atoms with van der Waals surface area (Å²) >= 11 is 0. The predicted octanol–water partition coefficient (Wildman–Crippen LogP) is 1.92. The Morgan fingerprint density at radius 1 is 0.812 bits per heavy atom. The summed E-state index contributed by atoms with van der Waals surface area (Å²) in [5.74, 6) is -3.36. The van der Waals surface area contributed by atoms with Gasteiger partial charge in [0.05, 0.1) is 17.2 Å². The maximum Gasteiger partial charge on any atom is 0.256 e. The van der Waals surface area contributed by atoms with Gasteiger partial charge in [0.1, 0.15) is 0 Å². The van der Waals surface area contributed by atoms with Gasteiger partial charge in [-0.25, -0.2) is 0 Å². The number of piperazine rings is 1. The van der Waals surface area contributed by atoms with E-state index in [2.05, 4.69) is 22.3 Å². The maximum absolute atomic E-state index is 13.2. The molecule has 0 aromatic heterocycles. The second-order valence-electron chi connectivity index (χ2n) is 8.12.